The molecule has 0 unspecified atom stereocenters. The van der Waals surface area contributed by atoms with Crippen LogP contribution in [-0.2, 0) is 0 Å². The van der Waals surface area contributed by atoms with Crippen LogP contribution in [0.25, 0.3) is 10.9 Å². The van der Waals surface area contributed by atoms with Gasteiger partial charge in [0.25, 0.3) is 0 Å². The number of hydrogen-bond donors (Lipinski definition) is 0. The van der Waals surface area contributed by atoms with Crippen molar-refractivity contribution >= 4 is 22.5 Å². The van der Waals surface area contributed by atoms with E-state index in [1.807, 2.05) is 12.1 Å². The summed E-state index contributed by atoms with van der Waals surface area (Å²) in [6.45, 7) is 4.29. The van der Waals surface area contributed by atoms with Crippen molar-refractivity contribution in [2.45, 2.75) is 19.8 Å². The fourth-order valence-corrected chi connectivity index (χ4v) is 1.66. The van der Waals surface area contributed by atoms with Crippen molar-refractivity contribution in [3.63, 3.8) is 0 Å². The van der Waals surface area contributed by atoms with Crippen molar-refractivity contribution in [1.29, 1.82) is 0 Å². The first kappa shape index (κ1) is 9.41. The van der Waals surface area contributed by atoms with Crippen LogP contribution in [0.15, 0.2) is 24.4 Å². The molecule has 0 saturated heterocycles. The van der Waals surface area contributed by atoms with E-state index in [-0.39, 0.29) is 0 Å². The van der Waals surface area contributed by atoms with Crippen LogP contribution in [-0.4, -0.2) is 9.97 Å². The Morgan fingerprint density at radius 1 is 1.29 bits per heavy atom. The summed E-state index contributed by atoms with van der Waals surface area (Å²) >= 11 is 5.77. The van der Waals surface area contributed by atoms with Crippen LogP contribution >= 0.6 is 11.6 Å². The Kier molecular flexibility index (Phi) is 2.38. The molecule has 0 amide bonds. The third-order valence-electron chi connectivity index (χ3n) is 2.23. The van der Waals surface area contributed by atoms with Gasteiger partial charge in [-0.2, -0.15) is 0 Å². The minimum Gasteiger partial charge on any atom is -0.226 e. The van der Waals surface area contributed by atoms with Gasteiger partial charge in [-0.3, -0.25) is 0 Å². The van der Waals surface area contributed by atoms with E-state index in [0.29, 0.717) is 11.2 Å². The van der Waals surface area contributed by atoms with Crippen molar-refractivity contribution in [1.82, 2.24) is 9.97 Å². The summed E-state index contributed by atoms with van der Waals surface area (Å²) < 4.78 is 0. The number of para-hydroxylation sites is 1. The maximum atomic E-state index is 5.77. The second-order valence-corrected chi connectivity index (χ2v) is 3.92. The van der Waals surface area contributed by atoms with Crippen molar-refractivity contribution in [3.05, 3.63) is 35.2 Å². The summed E-state index contributed by atoms with van der Waals surface area (Å²) in [4.78, 5) is 8.21. The predicted molar refractivity (Wildman–Crippen MR) is 58.6 cm³/mol. The lowest BCUT2D eigenvalue weighted by Crippen LogP contribution is -1.93. The molecule has 14 heavy (non-hydrogen) atoms. The number of nitrogens with zero attached hydrogens (tertiary/aromatic N) is 2. The van der Waals surface area contributed by atoms with Gasteiger partial charge in [0, 0.05) is 11.6 Å². The molecule has 0 fully saturated rings. The first-order chi connectivity index (χ1) is 6.68. The molecule has 0 bridgehead atoms. The van der Waals surface area contributed by atoms with Crippen LogP contribution in [0.2, 0.25) is 5.28 Å². The predicted octanol–water partition coefficient (Wildman–Crippen LogP) is 3.41. The summed E-state index contributed by atoms with van der Waals surface area (Å²) in [7, 11) is 0. The number of aromatic nitrogens is 2. The zero-order chi connectivity index (χ0) is 10.1. The third-order valence-corrected chi connectivity index (χ3v) is 2.42. The number of halogens is 1. The van der Waals surface area contributed by atoms with Crippen molar-refractivity contribution < 1.29 is 0 Å². The Balaban J connectivity index is 2.77. The highest BCUT2D eigenvalue weighted by atomic mass is 35.5. The largest absolute Gasteiger partial charge is 0.226 e. The number of benzene rings is 1. The first-order valence-corrected chi connectivity index (χ1v) is 4.97. The van der Waals surface area contributed by atoms with Crippen LogP contribution in [0, 0.1) is 0 Å². The summed E-state index contributed by atoms with van der Waals surface area (Å²) in [5.41, 5.74) is 2.18. The average Bonchev–Trinajstić information content (AvgIpc) is 2.16. The van der Waals surface area contributed by atoms with Gasteiger partial charge in [0.1, 0.15) is 0 Å². The van der Waals surface area contributed by atoms with Crippen LogP contribution < -0.4 is 0 Å². The van der Waals surface area contributed by atoms with E-state index < -0.39 is 0 Å². The molecule has 0 aliphatic heterocycles. The van der Waals surface area contributed by atoms with E-state index in [1.54, 1.807) is 6.20 Å². The molecular formula is C11H11ClN2. The quantitative estimate of drug-likeness (QED) is 0.669. The molecule has 0 spiro atoms. The Morgan fingerprint density at radius 2 is 2.07 bits per heavy atom. The van der Waals surface area contributed by atoms with Gasteiger partial charge in [0.05, 0.1) is 5.52 Å². The monoisotopic (exact) mass is 206 g/mol. The highest BCUT2D eigenvalue weighted by Crippen LogP contribution is 2.23. The van der Waals surface area contributed by atoms with Crippen LogP contribution in [0.1, 0.15) is 25.3 Å². The Morgan fingerprint density at radius 3 is 2.79 bits per heavy atom. The maximum Gasteiger partial charge on any atom is 0.222 e. The lowest BCUT2D eigenvalue weighted by atomic mass is 10.0. The Hall–Kier alpha value is -1.15. The fourth-order valence-electron chi connectivity index (χ4n) is 1.52. The molecular weight excluding hydrogens is 196 g/mol. The first-order valence-electron chi connectivity index (χ1n) is 4.59. The molecule has 3 heteroatoms. The summed E-state index contributed by atoms with van der Waals surface area (Å²) in [5, 5.41) is 1.35. The maximum absolute atomic E-state index is 5.77. The molecule has 2 rings (SSSR count). The van der Waals surface area contributed by atoms with Gasteiger partial charge in [-0.1, -0.05) is 32.0 Å². The molecule has 0 saturated carbocycles. The van der Waals surface area contributed by atoms with Gasteiger partial charge in [0.2, 0.25) is 5.28 Å². The van der Waals surface area contributed by atoms with Crippen molar-refractivity contribution in [3.8, 4) is 0 Å². The summed E-state index contributed by atoms with van der Waals surface area (Å²) in [6.07, 6.45) is 1.76. The van der Waals surface area contributed by atoms with Crippen LogP contribution in [0.5, 0.6) is 0 Å². The Labute approximate surface area is 88.0 Å². The van der Waals surface area contributed by atoms with Crippen LogP contribution in [0.4, 0.5) is 0 Å². The lowest BCUT2D eigenvalue weighted by Gasteiger charge is -2.08. The normalized spacial score (nSPS) is 11.1. The zero-order valence-corrected chi connectivity index (χ0v) is 8.92. The molecule has 0 aliphatic rings. The van der Waals surface area contributed by atoms with E-state index in [1.165, 1.54) is 5.56 Å². The number of rotatable bonds is 1. The lowest BCUT2D eigenvalue weighted by molar-refractivity contribution is 0.872. The number of fused-ring (bicyclic) bond motifs is 1. The van der Waals surface area contributed by atoms with E-state index in [9.17, 15) is 0 Å². The summed E-state index contributed by atoms with van der Waals surface area (Å²) in [6, 6.07) is 6.10. The Bertz CT molecular complexity index is 466. The molecule has 2 nitrogen and oxygen atoms in total. The topological polar surface area (TPSA) is 25.8 Å². The molecule has 0 radical (unpaired) electrons. The van der Waals surface area contributed by atoms with Gasteiger partial charge in [-0.05, 0) is 23.1 Å². The number of hydrogen-bond acceptors (Lipinski definition) is 2. The highest BCUT2D eigenvalue weighted by Gasteiger charge is 2.06. The van der Waals surface area contributed by atoms with Gasteiger partial charge >= 0.3 is 0 Å². The molecule has 1 aromatic carbocycles. The smallest absolute Gasteiger partial charge is 0.222 e. The van der Waals surface area contributed by atoms with E-state index in [4.69, 9.17) is 11.6 Å². The van der Waals surface area contributed by atoms with Crippen molar-refractivity contribution in [2.75, 3.05) is 0 Å². The zero-order valence-electron chi connectivity index (χ0n) is 8.16. The minimum absolute atomic E-state index is 0.311. The van der Waals surface area contributed by atoms with Gasteiger partial charge in [-0.25, -0.2) is 9.97 Å². The SMILES string of the molecule is CC(C)c1cccc2cnc(Cl)nc12. The molecule has 2 aromatic rings. The molecule has 72 valence electrons. The third kappa shape index (κ3) is 1.58. The van der Waals surface area contributed by atoms with Crippen molar-refractivity contribution in [2.24, 2.45) is 0 Å². The average molecular weight is 207 g/mol. The summed E-state index contributed by atoms with van der Waals surface area (Å²) in [5.74, 6) is 0.449. The molecule has 1 aromatic heterocycles. The van der Waals surface area contributed by atoms with Gasteiger partial charge in [0.15, 0.2) is 0 Å². The van der Waals surface area contributed by atoms with Gasteiger partial charge < -0.3 is 0 Å². The van der Waals surface area contributed by atoms with E-state index >= 15 is 0 Å². The van der Waals surface area contributed by atoms with Crippen LogP contribution in [0.3, 0.4) is 0 Å². The highest BCUT2D eigenvalue weighted by molar-refractivity contribution is 6.28. The molecule has 0 N–H and O–H groups in total. The van der Waals surface area contributed by atoms with E-state index in [2.05, 4.69) is 29.9 Å². The molecule has 0 atom stereocenters. The second kappa shape index (κ2) is 3.54. The minimum atomic E-state index is 0.311. The molecule has 1 heterocycles. The van der Waals surface area contributed by atoms with Gasteiger partial charge in [-0.15, -0.1) is 0 Å². The standard InChI is InChI=1S/C11H11ClN2/c1-7(2)9-5-3-4-8-6-13-11(12)14-10(8)9/h3-7H,1-2H3. The molecule has 0 aliphatic carbocycles. The van der Waals surface area contributed by atoms with E-state index in [0.717, 1.165) is 10.9 Å². The fraction of sp³-hybridized carbons (Fsp3) is 0.273. The second-order valence-electron chi connectivity index (χ2n) is 3.58.